The number of hydrogen-bond acceptors (Lipinski definition) is 3. The lowest BCUT2D eigenvalue weighted by Crippen LogP contribution is -2.27. The summed E-state index contributed by atoms with van der Waals surface area (Å²) >= 11 is 0. The third-order valence-corrected chi connectivity index (χ3v) is 3.14. The van der Waals surface area contributed by atoms with Crippen LogP contribution < -0.4 is 10.1 Å². The number of rotatable bonds is 7. The number of hydrogen-bond donors (Lipinski definition) is 2. The predicted octanol–water partition coefficient (Wildman–Crippen LogP) is 2.46. The number of nitrogens with one attached hydrogen (secondary N) is 1. The summed E-state index contributed by atoms with van der Waals surface area (Å²) < 4.78 is 32.6. The van der Waals surface area contributed by atoms with Crippen LogP contribution in [0.25, 0.3) is 0 Å². The van der Waals surface area contributed by atoms with Crippen LogP contribution in [0.1, 0.15) is 31.7 Å². The summed E-state index contributed by atoms with van der Waals surface area (Å²) in [5.74, 6) is -3.63. The van der Waals surface area contributed by atoms with Gasteiger partial charge in [0.05, 0.1) is 0 Å². The smallest absolute Gasteiger partial charge is 0.344 e. The van der Waals surface area contributed by atoms with Crippen LogP contribution in [-0.2, 0) is 11.3 Å². The number of ether oxygens (including phenoxy) is 1. The minimum absolute atomic E-state index is 0.124. The van der Waals surface area contributed by atoms with Gasteiger partial charge in [0, 0.05) is 12.6 Å². The van der Waals surface area contributed by atoms with Gasteiger partial charge in [0.15, 0.2) is 23.5 Å². The summed E-state index contributed by atoms with van der Waals surface area (Å²) in [6, 6.07) is 2.78. The Kier molecular flexibility index (Phi) is 4.54. The largest absolute Gasteiger partial charge is 0.479 e. The van der Waals surface area contributed by atoms with Crippen molar-refractivity contribution in [1.29, 1.82) is 0 Å². The minimum atomic E-state index is -1.26. The van der Waals surface area contributed by atoms with Crippen molar-refractivity contribution in [2.75, 3.05) is 0 Å². The molecule has 0 aromatic heterocycles. The first-order chi connectivity index (χ1) is 9.51. The standard InChI is InChI=1S/C14H17F2NO3/c1-2-12(14(18)19)20-13-10(15)5-8(6-11(13)16)7-17-9-3-4-9/h5-6,9,12,17H,2-4,7H2,1H3,(H,18,19). The summed E-state index contributed by atoms with van der Waals surface area (Å²) in [6.45, 7) is 1.96. The van der Waals surface area contributed by atoms with Crippen LogP contribution in [0.5, 0.6) is 5.75 Å². The van der Waals surface area contributed by atoms with Crippen LogP contribution in [0, 0.1) is 11.6 Å². The quantitative estimate of drug-likeness (QED) is 0.808. The number of carboxylic acids is 1. The first kappa shape index (κ1) is 14.7. The maximum absolute atomic E-state index is 13.8. The van der Waals surface area contributed by atoms with E-state index in [2.05, 4.69) is 5.32 Å². The SMILES string of the molecule is CCC(Oc1c(F)cc(CNC2CC2)cc1F)C(=O)O. The van der Waals surface area contributed by atoms with Gasteiger partial charge in [-0.25, -0.2) is 13.6 Å². The highest BCUT2D eigenvalue weighted by Crippen LogP contribution is 2.26. The van der Waals surface area contributed by atoms with Crippen molar-refractivity contribution < 1.29 is 23.4 Å². The van der Waals surface area contributed by atoms with Gasteiger partial charge in [0.2, 0.25) is 0 Å². The molecular formula is C14H17F2NO3. The van der Waals surface area contributed by atoms with Crippen molar-refractivity contribution in [3.63, 3.8) is 0 Å². The van der Waals surface area contributed by atoms with E-state index < -0.39 is 29.5 Å². The highest BCUT2D eigenvalue weighted by molar-refractivity contribution is 5.72. The van der Waals surface area contributed by atoms with Gasteiger partial charge in [-0.05, 0) is 37.0 Å². The molecule has 0 aliphatic heterocycles. The van der Waals surface area contributed by atoms with Crippen LogP contribution in [0.3, 0.4) is 0 Å². The maximum Gasteiger partial charge on any atom is 0.344 e. The summed E-state index contributed by atoms with van der Waals surface area (Å²) in [7, 11) is 0. The van der Waals surface area contributed by atoms with Gasteiger partial charge in [0.1, 0.15) is 0 Å². The molecule has 0 amide bonds. The zero-order valence-corrected chi connectivity index (χ0v) is 11.2. The Hall–Kier alpha value is -1.69. The van der Waals surface area contributed by atoms with Gasteiger partial charge < -0.3 is 15.2 Å². The Morgan fingerprint density at radius 2 is 2.05 bits per heavy atom. The lowest BCUT2D eigenvalue weighted by atomic mass is 10.2. The molecule has 1 unspecified atom stereocenters. The molecule has 0 spiro atoms. The zero-order chi connectivity index (χ0) is 14.7. The van der Waals surface area contributed by atoms with E-state index >= 15 is 0 Å². The third kappa shape index (κ3) is 3.66. The average Bonchev–Trinajstić information content (AvgIpc) is 3.19. The van der Waals surface area contributed by atoms with E-state index in [-0.39, 0.29) is 6.42 Å². The van der Waals surface area contributed by atoms with Crippen molar-refractivity contribution >= 4 is 5.97 Å². The lowest BCUT2D eigenvalue weighted by Gasteiger charge is -2.15. The second-order valence-electron chi connectivity index (χ2n) is 4.90. The molecule has 4 nitrogen and oxygen atoms in total. The van der Waals surface area contributed by atoms with Gasteiger partial charge in [-0.1, -0.05) is 6.92 Å². The summed E-state index contributed by atoms with van der Waals surface area (Å²) in [6.07, 6.45) is 1.04. The van der Waals surface area contributed by atoms with E-state index in [0.29, 0.717) is 18.2 Å². The second kappa shape index (κ2) is 6.17. The molecule has 110 valence electrons. The fraction of sp³-hybridized carbons (Fsp3) is 0.500. The van der Waals surface area contributed by atoms with Crippen LogP contribution in [0.4, 0.5) is 8.78 Å². The van der Waals surface area contributed by atoms with Crippen molar-refractivity contribution in [2.24, 2.45) is 0 Å². The summed E-state index contributed by atoms with van der Waals surface area (Å²) in [5.41, 5.74) is 0.475. The Morgan fingerprint density at radius 3 is 2.50 bits per heavy atom. The Balaban J connectivity index is 2.10. The monoisotopic (exact) mass is 285 g/mol. The molecule has 1 aliphatic carbocycles. The Morgan fingerprint density at radius 1 is 1.45 bits per heavy atom. The van der Waals surface area contributed by atoms with Crippen molar-refractivity contribution in [1.82, 2.24) is 5.32 Å². The number of carboxylic acid groups (broad SMARTS) is 1. The molecule has 1 aromatic carbocycles. The Labute approximate surface area is 115 Å². The minimum Gasteiger partial charge on any atom is -0.479 e. The van der Waals surface area contributed by atoms with E-state index in [0.717, 1.165) is 12.8 Å². The maximum atomic E-state index is 13.8. The summed E-state index contributed by atoms with van der Waals surface area (Å²) in [5, 5.41) is 12.0. The molecule has 1 saturated carbocycles. The normalized spacial score (nSPS) is 15.9. The van der Waals surface area contributed by atoms with Crippen LogP contribution in [0.15, 0.2) is 12.1 Å². The fourth-order valence-electron chi connectivity index (χ4n) is 1.83. The van der Waals surface area contributed by atoms with Gasteiger partial charge >= 0.3 is 5.97 Å². The van der Waals surface area contributed by atoms with E-state index in [1.165, 1.54) is 12.1 Å². The molecule has 1 fully saturated rings. The highest BCUT2D eigenvalue weighted by Gasteiger charge is 2.23. The van der Waals surface area contributed by atoms with Crippen LogP contribution >= 0.6 is 0 Å². The Bertz CT molecular complexity index is 480. The van der Waals surface area contributed by atoms with E-state index in [1.54, 1.807) is 6.92 Å². The number of benzene rings is 1. The molecular weight excluding hydrogens is 268 g/mol. The molecule has 1 aliphatic rings. The molecule has 0 heterocycles. The molecule has 6 heteroatoms. The molecule has 1 aromatic rings. The third-order valence-electron chi connectivity index (χ3n) is 3.14. The number of carbonyl (C=O) groups is 1. The van der Waals surface area contributed by atoms with Crippen molar-refractivity contribution in [3.05, 3.63) is 29.3 Å². The van der Waals surface area contributed by atoms with Crippen LogP contribution in [-0.4, -0.2) is 23.2 Å². The van der Waals surface area contributed by atoms with Gasteiger partial charge in [-0.3, -0.25) is 0 Å². The topological polar surface area (TPSA) is 58.6 Å². The van der Waals surface area contributed by atoms with E-state index in [1.807, 2.05) is 0 Å². The predicted molar refractivity (Wildman–Crippen MR) is 68.6 cm³/mol. The molecule has 2 N–H and O–H groups in total. The molecule has 2 rings (SSSR count). The van der Waals surface area contributed by atoms with Crippen molar-refractivity contribution in [2.45, 2.75) is 44.9 Å². The molecule has 0 saturated heterocycles. The van der Waals surface area contributed by atoms with Gasteiger partial charge in [0.25, 0.3) is 0 Å². The van der Waals surface area contributed by atoms with Gasteiger partial charge in [-0.2, -0.15) is 0 Å². The molecule has 0 radical (unpaired) electrons. The second-order valence-corrected chi connectivity index (χ2v) is 4.90. The van der Waals surface area contributed by atoms with Crippen molar-refractivity contribution in [3.8, 4) is 5.75 Å². The van der Waals surface area contributed by atoms with Crippen LogP contribution in [0.2, 0.25) is 0 Å². The number of aliphatic carboxylic acids is 1. The molecule has 1 atom stereocenters. The molecule has 0 bridgehead atoms. The zero-order valence-electron chi connectivity index (χ0n) is 11.2. The summed E-state index contributed by atoms with van der Waals surface area (Å²) in [4.78, 5) is 10.8. The average molecular weight is 285 g/mol. The first-order valence-electron chi connectivity index (χ1n) is 6.62. The highest BCUT2D eigenvalue weighted by atomic mass is 19.1. The lowest BCUT2D eigenvalue weighted by molar-refractivity contribution is -0.145. The molecule has 20 heavy (non-hydrogen) atoms. The number of halogens is 2. The van der Waals surface area contributed by atoms with Gasteiger partial charge in [-0.15, -0.1) is 0 Å². The first-order valence-corrected chi connectivity index (χ1v) is 6.62. The van der Waals surface area contributed by atoms with E-state index in [9.17, 15) is 13.6 Å². The fourth-order valence-corrected chi connectivity index (χ4v) is 1.83. The van der Waals surface area contributed by atoms with E-state index in [4.69, 9.17) is 9.84 Å².